The zero-order valence-electron chi connectivity index (χ0n) is 13.5. The van der Waals surface area contributed by atoms with Crippen LogP contribution in [0, 0.1) is 6.92 Å². The summed E-state index contributed by atoms with van der Waals surface area (Å²) < 4.78 is 31.8. The molecule has 0 aliphatic rings. The Hall–Kier alpha value is -2.45. The predicted octanol–water partition coefficient (Wildman–Crippen LogP) is 2.05. The van der Waals surface area contributed by atoms with Crippen molar-refractivity contribution in [1.82, 2.24) is 19.0 Å². The molecule has 0 amide bonds. The molecule has 0 unspecified atom stereocenters. The van der Waals surface area contributed by atoms with E-state index in [9.17, 15) is 8.42 Å². The number of rotatable bonds is 6. The van der Waals surface area contributed by atoms with Gasteiger partial charge in [0.2, 0.25) is 5.89 Å². The Morgan fingerprint density at radius 3 is 2.54 bits per heavy atom. The van der Waals surface area contributed by atoms with Gasteiger partial charge in [-0.1, -0.05) is 23.4 Å². The van der Waals surface area contributed by atoms with Gasteiger partial charge in [0.1, 0.15) is 0 Å². The molecule has 0 fully saturated rings. The molecule has 7 nitrogen and oxygen atoms in total. The summed E-state index contributed by atoms with van der Waals surface area (Å²) in [4.78, 5) is 6.34. The van der Waals surface area contributed by atoms with Gasteiger partial charge in [-0.2, -0.15) is 4.98 Å². The Labute approximate surface area is 140 Å². The minimum atomic E-state index is -3.60. The van der Waals surface area contributed by atoms with Crippen LogP contribution in [0.3, 0.4) is 0 Å². The van der Waals surface area contributed by atoms with E-state index in [-0.39, 0.29) is 4.90 Å². The van der Waals surface area contributed by atoms with Crippen LogP contribution >= 0.6 is 0 Å². The van der Waals surface area contributed by atoms with E-state index in [1.807, 2.05) is 11.9 Å². The topological polar surface area (TPSA) is 81.2 Å². The van der Waals surface area contributed by atoms with E-state index < -0.39 is 10.0 Å². The van der Waals surface area contributed by atoms with E-state index in [4.69, 9.17) is 4.52 Å². The molecule has 0 N–H and O–H groups in total. The van der Waals surface area contributed by atoms with Gasteiger partial charge in [0, 0.05) is 25.4 Å². The third-order valence-electron chi connectivity index (χ3n) is 3.51. The van der Waals surface area contributed by atoms with Crippen molar-refractivity contribution in [3.63, 3.8) is 0 Å². The molecule has 0 aliphatic carbocycles. The lowest BCUT2D eigenvalue weighted by Crippen LogP contribution is -2.22. The number of benzene rings is 1. The monoisotopic (exact) mass is 346 g/mol. The van der Waals surface area contributed by atoms with E-state index in [0.29, 0.717) is 30.5 Å². The third-order valence-corrected chi connectivity index (χ3v) is 5.25. The summed E-state index contributed by atoms with van der Waals surface area (Å²) in [5.74, 6) is 1.08. The maximum absolute atomic E-state index is 12.8. The van der Waals surface area contributed by atoms with Gasteiger partial charge in [-0.25, -0.2) is 12.4 Å². The quantitative estimate of drug-likeness (QED) is 0.679. The standard InChI is InChI=1S/C16H18N4O3S/c1-13-17-16(18-23-13)12-19(2)11-14-7-6-10-20(14)24(21,22)15-8-4-3-5-9-15/h3-10H,11-12H2,1-2H3. The SMILES string of the molecule is Cc1nc(CN(C)Cc2cccn2S(=O)(=O)c2ccccc2)no1. The van der Waals surface area contributed by atoms with Crippen molar-refractivity contribution in [1.29, 1.82) is 0 Å². The molecule has 0 saturated carbocycles. The van der Waals surface area contributed by atoms with Crippen molar-refractivity contribution in [2.75, 3.05) is 7.05 Å². The summed E-state index contributed by atoms with van der Waals surface area (Å²) in [5.41, 5.74) is 0.668. The molecular weight excluding hydrogens is 328 g/mol. The van der Waals surface area contributed by atoms with Crippen LogP contribution in [0.2, 0.25) is 0 Å². The number of aromatic nitrogens is 3. The zero-order chi connectivity index (χ0) is 17.2. The summed E-state index contributed by atoms with van der Waals surface area (Å²) in [7, 11) is -1.73. The summed E-state index contributed by atoms with van der Waals surface area (Å²) in [6.45, 7) is 2.63. The molecule has 0 atom stereocenters. The summed E-state index contributed by atoms with van der Waals surface area (Å²) in [6.07, 6.45) is 1.56. The van der Waals surface area contributed by atoms with Gasteiger partial charge < -0.3 is 4.52 Å². The Balaban J connectivity index is 1.80. The number of hydrogen-bond donors (Lipinski definition) is 0. The minimum absolute atomic E-state index is 0.263. The van der Waals surface area contributed by atoms with E-state index in [1.54, 1.807) is 55.6 Å². The lowest BCUT2D eigenvalue weighted by Gasteiger charge is -2.16. The van der Waals surface area contributed by atoms with Crippen molar-refractivity contribution in [2.24, 2.45) is 0 Å². The van der Waals surface area contributed by atoms with Crippen molar-refractivity contribution in [3.8, 4) is 0 Å². The highest BCUT2D eigenvalue weighted by atomic mass is 32.2. The van der Waals surface area contributed by atoms with Gasteiger partial charge in [-0.3, -0.25) is 4.90 Å². The van der Waals surface area contributed by atoms with E-state index in [1.165, 1.54) is 3.97 Å². The molecule has 2 heterocycles. The molecule has 3 rings (SSSR count). The van der Waals surface area contributed by atoms with Crippen molar-refractivity contribution < 1.29 is 12.9 Å². The van der Waals surface area contributed by atoms with Crippen LogP contribution in [-0.4, -0.2) is 34.5 Å². The first kappa shape index (κ1) is 16.4. The van der Waals surface area contributed by atoms with Crippen LogP contribution in [0.1, 0.15) is 17.4 Å². The first-order valence-corrected chi connectivity index (χ1v) is 8.85. The van der Waals surface area contributed by atoms with Crippen LogP contribution in [-0.2, 0) is 23.1 Å². The molecule has 1 aromatic carbocycles. The minimum Gasteiger partial charge on any atom is -0.340 e. The van der Waals surface area contributed by atoms with Crippen molar-refractivity contribution in [3.05, 3.63) is 66.1 Å². The summed E-state index contributed by atoms with van der Waals surface area (Å²) in [6, 6.07) is 11.9. The first-order valence-electron chi connectivity index (χ1n) is 7.41. The fourth-order valence-corrected chi connectivity index (χ4v) is 3.83. The Bertz CT molecular complexity index is 916. The molecule has 8 heteroatoms. The van der Waals surface area contributed by atoms with Gasteiger partial charge in [0.25, 0.3) is 10.0 Å². The van der Waals surface area contributed by atoms with Gasteiger partial charge >= 0.3 is 0 Å². The molecule has 0 radical (unpaired) electrons. The van der Waals surface area contributed by atoms with Crippen molar-refractivity contribution >= 4 is 10.0 Å². The molecule has 126 valence electrons. The summed E-state index contributed by atoms with van der Waals surface area (Å²) >= 11 is 0. The van der Waals surface area contributed by atoms with E-state index in [0.717, 1.165) is 0 Å². The molecular formula is C16H18N4O3S. The molecule has 24 heavy (non-hydrogen) atoms. The Kier molecular flexibility index (Phi) is 4.50. The van der Waals surface area contributed by atoms with Crippen LogP contribution < -0.4 is 0 Å². The number of nitrogens with zero attached hydrogens (tertiary/aromatic N) is 4. The summed E-state index contributed by atoms with van der Waals surface area (Å²) in [5, 5.41) is 3.85. The number of hydrogen-bond acceptors (Lipinski definition) is 6. The van der Waals surface area contributed by atoms with Crippen molar-refractivity contribution in [2.45, 2.75) is 24.9 Å². The highest BCUT2D eigenvalue weighted by Crippen LogP contribution is 2.17. The zero-order valence-corrected chi connectivity index (χ0v) is 14.3. The normalized spacial score (nSPS) is 12.0. The predicted molar refractivity (Wildman–Crippen MR) is 87.7 cm³/mol. The first-order chi connectivity index (χ1) is 11.5. The maximum atomic E-state index is 12.8. The molecule has 0 spiro atoms. The van der Waals surface area contributed by atoms with Crippen LogP contribution in [0.25, 0.3) is 0 Å². The highest BCUT2D eigenvalue weighted by molar-refractivity contribution is 7.90. The average molecular weight is 346 g/mol. The Morgan fingerprint density at radius 1 is 1.12 bits per heavy atom. The number of aryl methyl sites for hydroxylation is 1. The van der Waals surface area contributed by atoms with E-state index >= 15 is 0 Å². The fraction of sp³-hybridized carbons (Fsp3) is 0.250. The van der Waals surface area contributed by atoms with Gasteiger partial charge in [0.15, 0.2) is 5.82 Å². The van der Waals surface area contributed by atoms with Crippen LogP contribution in [0.4, 0.5) is 0 Å². The molecule has 3 aromatic rings. The molecule has 0 saturated heterocycles. The van der Waals surface area contributed by atoms with Gasteiger partial charge in [-0.15, -0.1) is 0 Å². The average Bonchev–Trinajstić information content (AvgIpc) is 3.17. The lowest BCUT2D eigenvalue weighted by atomic mass is 10.4. The van der Waals surface area contributed by atoms with Crippen LogP contribution in [0.5, 0.6) is 0 Å². The fourth-order valence-electron chi connectivity index (χ4n) is 2.44. The van der Waals surface area contributed by atoms with Crippen LogP contribution in [0.15, 0.2) is 58.1 Å². The van der Waals surface area contributed by atoms with Gasteiger partial charge in [0.05, 0.1) is 11.4 Å². The second kappa shape index (κ2) is 6.58. The Morgan fingerprint density at radius 2 is 1.88 bits per heavy atom. The molecule has 0 aliphatic heterocycles. The maximum Gasteiger partial charge on any atom is 0.267 e. The van der Waals surface area contributed by atoms with Gasteiger partial charge in [-0.05, 0) is 31.3 Å². The third kappa shape index (κ3) is 3.39. The molecule has 0 bridgehead atoms. The lowest BCUT2D eigenvalue weighted by molar-refractivity contribution is 0.296. The molecule has 2 aromatic heterocycles. The largest absolute Gasteiger partial charge is 0.340 e. The van der Waals surface area contributed by atoms with E-state index in [2.05, 4.69) is 10.1 Å². The highest BCUT2D eigenvalue weighted by Gasteiger charge is 2.19. The second-order valence-electron chi connectivity index (χ2n) is 5.52. The second-order valence-corrected chi connectivity index (χ2v) is 7.33. The smallest absolute Gasteiger partial charge is 0.267 e.